The molecule has 2 aliphatic rings. The summed E-state index contributed by atoms with van der Waals surface area (Å²) < 4.78 is 10.9. The van der Waals surface area contributed by atoms with E-state index in [1.807, 2.05) is 0 Å². The third kappa shape index (κ3) is 4.12. The van der Waals surface area contributed by atoms with Gasteiger partial charge in [0.25, 0.3) is 0 Å². The predicted molar refractivity (Wildman–Crippen MR) is 77.4 cm³/mol. The maximum Gasteiger partial charge on any atom is 0.0472 e. The highest BCUT2D eigenvalue weighted by molar-refractivity contribution is 7.80. The Balaban J connectivity index is 1.78. The summed E-state index contributed by atoms with van der Waals surface area (Å²) in [5.74, 6) is 1.80. The van der Waals surface area contributed by atoms with Crippen LogP contribution in [-0.4, -0.2) is 57.2 Å². The molecule has 2 saturated heterocycles. The Kier molecular flexibility index (Phi) is 5.80. The van der Waals surface area contributed by atoms with Gasteiger partial charge < -0.3 is 14.4 Å². The van der Waals surface area contributed by atoms with Crippen LogP contribution in [0.15, 0.2) is 0 Å². The highest BCUT2D eigenvalue weighted by Crippen LogP contribution is 2.33. The monoisotopic (exact) mass is 273 g/mol. The summed E-state index contributed by atoms with van der Waals surface area (Å²) in [6.45, 7) is 6.09. The van der Waals surface area contributed by atoms with Gasteiger partial charge in [0.05, 0.1) is 0 Å². The van der Waals surface area contributed by atoms with Gasteiger partial charge in [0.1, 0.15) is 0 Å². The van der Waals surface area contributed by atoms with Crippen molar-refractivity contribution in [3.63, 3.8) is 0 Å². The van der Waals surface area contributed by atoms with E-state index in [0.717, 1.165) is 57.5 Å². The molecular formula is C14H27NO2S. The average Bonchev–Trinajstić information content (AvgIpc) is 2.41. The minimum atomic E-state index is 0.376. The Morgan fingerprint density at radius 1 is 1.11 bits per heavy atom. The molecule has 0 N–H and O–H groups in total. The number of nitrogens with zero attached hydrogens (tertiary/aromatic N) is 1. The van der Waals surface area contributed by atoms with Gasteiger partial charge in [-0.15, -0.1) is 0 Å². The summed E-state index contributed by atoms with van der Waals surface area (Å²) in [5.41, 5.74) is 0.376. The second kappa shape index (κ2) is 7.13. The van der Waals surface area contributed by atoms with Gasteiger partial charge in [-0.25, -0.2) is 0 Å². The summed E-state index contributed by atoms with van der Waals surface area (Å²) in [5, 5.41) is 0. The van der Waals surface area contributed by atoms with Crippen LogP contribution in [-0.2, 0) is 9.47 Å². The van der Waals surface area contributed by atoms with E-state index in [2.05, 4.69) is 24.6 Å². The molecule has 2 heterocycles. The van der Waals surface area contributed by atoms with Crippen LogP contribution in [0.1, 0.15) is 25.7 Å². The number of ether oxygens (including phenoxy) is 2. The molecular weight excluding hydrogens is 246 g/mol. The molecule has 2 rings (SSSR count). The van der Waals surface area contributed by atoms with Crippen molar-refractivity contribution in [3.8, 4) is 0 Å². The molecule has 106 valence electrons. The molecule has 0 amide bonds. The molecule has 0 aromatic carbocycles. The van der Waals surface area contributed by atoms with Crippen LogP contribution in [0, 0.1) is 11.3 Å². The third-order valence-corrected chi connectivity index (χ3v) is 5.08. The van der Waals surface area contributed by atoms with Crippen molar-refractivity contribution < 1.29 is 9.47 Å². The zero-order valence-electron chi connectivity index (χ0n) is 11.6. The molecule has 0 bridgehead atoms. The molecule has 0 spiro atoms. The normalized spacial score (nSPS) is 25.5. The molecule has 0 aromatic rings. The van der Waals surface area contributed by atoms with E-state index in [1.54, 1.807) is 0 Å². The maximum absolute atomic E-state index is 5.49. The summed E-state index contributed by atoms with van der Waals surface area (Å²) in [6, 6.07) is 0. The zero-order chi connectivity index (χ0) is 12.8. The largest absolute Gasteiger partial charge is 0.381 e. The van der Waals surface area contributed by atoms with Crippen LogP contribution in [0.5, 0.6) is 0 Å². The van der Waals surface area contributed by atoms with Crippen LogP contribution >= 0.6 is 12.6 Å². The Hall–Kier alpha value is 0.230. The van der Waals surface area contributed by atoms with E-state index >= 15 is 0 Å². The Morgan fingerprint density at radius 2 is 1.72 bits per heavy atom. The molecule has 0 aromatic heterocycles. The number of hydrogen-bond acceptors (Lipinski definition) is 4. The van der Waals surface area contributed by atoms with Gasteiger partial charge in [-0.3, -0.25) is 0 Å². The van der Waals surface area contributed by atoms with E-state index in [9.17, 15) is 0 Å². The first-order valence-electron chi connectivity index (χ1n) is 7.19. The van der Waals surface area contributed by atoms with Gasteiger partial charge in [0, 0.05) is 39.5 Å². The lowest BCUT2D eigenvalue weighted by Gasteiger charge is -2.40. The fraction of sp³-hybridized carbons (Fsp3) is 1.00. The van der Waals surface area contributed by atoms with E-state index in [4.69, 9.17) is 9.47 Å². The molecule has 2 fully saturated rings. The van der Waals surface area contributed by atoms with Crippen LogP contribution in [0.3, 0.4) is 0 Å². The first-order chi connectivity index (χ1) is 8.74. The van der Waals surface area contributed by atoms with Crippen LogP contribution in [0.4, 0.5) is 0 Å². The Morgan fingerprint density at radius 3 is 2.33 bits per heavy atom. The van der Waals surface area contributed by atoms with Gasteiger partial charge in [0.15, 0.2) is 0 Å². The summed E-state index contributed by atoms with van der Waals surface area (Å²) in [7, 11) is 2.26. The van der Waals surface area contributed by atoms with E-state index < -0.39 is 0 Å². The minimum Gasteiger partial charge on any atom is -0.381 e. The number of hydrogen-bond donors (Lipinski definition) is 1. The lowest BCUT2D eigenvalue weighted by molar-refractivity contribution is 0.00417. The molecule has 0 atom stereocenters. The Bertz CT molecular complexity index is 238. The summed E-state index contributed by atoms with van der Waals surface area (Å²) >= 11 is 4.59. The lowest BCUT2D eigenvalue weighted by atomic mass is 9.81. The topological polar surface area (TPSA) is 21.7 Å². The van der Waals surface area contributed by atoms with Crippen molar-refractivity contribution in [2.45, 2.75) is 25.7 Å². The molecule has 0 radical (unpaired) electrons. The molecule has 0 unspecified atom stereocenters. The molecule has 3 nitrogen and oxygen atoms in total. The van der Waals surface area contributed by atoms with E-state index in [-0.39, 0.29) is 0 Å². The third-order valence-electron chi connectivity index (χ3n) is 4.40. The molecule has 0 aliphatic carbocycles. The van der Waals surface area contributed by atoms with Gasteiger partial charge in [-0.2, -0.15) is 12.6 Å². The maximum atomic E-state index is 5.49. The molecule has 18 heavy (non-hydrogen) atoms. The lowest BCUT2D eigenvalue weighted by Crippen LogP contribution is -2.43. The Labute approximate surface area is 117 Å². The van der Waals surface area contributed by atoms with Crippen LogP contribution < -0.4 is 0 Å². The second-order valence-electron chi connectivity index (χ2n) is 6.02. The second-order valence-corrected chi connectivity index (χ2v) is 6.34. The molecule has 0 saturated carbocycles. The number of thiol groups is 1. The standard InChI is InChI=1S/C14H27NO2S/c1-15(10-13-2-6-16-7-3-13)11-14(12-18)4-8-17-9-5-14/h13,18H,2-12H2,1H3. The first kappa shape index (κ1) is 14.6. The van der Waals surface area contributed by atoms with Gasteiger partial charge in [-0.05, 0) is 49.8 Å². The van der Waals surface area contributed by atoms with Crippen molar-refractivity contribution in [3.05, 3.63) is 0 Å². The van der Waals surface area contributed by atoms with Gasteiger partial charge >= 0.3 is 0 Å². The summed E-state index contributed by atoms with van der Waals surface area (Å²) in [6.07, 6.45) is 4.77. The zero-order valence-corrected chi connectivity index (χ0v) is 12.5. The van der Waals surface area contributed by atoms with E-state index in [0.29, 0.717) is 5.41 Å². The fourth-order valence-electron chi connectivity index (χ4n) is 3.18. The summed E-state index contributed by atoms with van der Waals surface area (Å²) in [4.78, 5) is 2.51. The van der Waals surface area contributed by atoms with Crippen molar-refractivity contribution in [1.82, 2.24) is 4.90 Å². The van der Waals surface area contributed by atoms with Crippen LogP contribution in [0.25, 0.3) is 0 Å². The number of rotatable bonds is 5. The smallest absolute Gasteiger partial charge is 0.0472 e. The predicted octanol–water partition coefficient (Wildman–Crippen LogP) is 2.07. The quantitative estimate of drug-likeness (QED) is 0.775. The highest BCUT2D eigenvalue weighted by Gasteiger charge is 2.32. The average molecular weight is 273 g/mol. The molecule has 2 aliphatic heterocycles. The van der Waals surface area contributed by atoms with E-state index in [1.165, 1.54) is 19.4 Å². The van der Waals surface area contributed by atoms with Crippen molar-refractivity contribution >= 4 is 12.6 Å². The van der Waals surface area contributed by atoms with Gasteiger partial charge in [0.2, 0.25) is 0 Å². The van der Waals surface area contributed by atoms with Crippen molar-refractivity contribution in [1.29, 1.82) is 0 Å². The van der Waals surface area contributed by atoms with Crippen LogP contribution in [0.2, 0.25) is 0 Å². The molecule has 4 heteroatoms. The van der Waals surface area contributed by atoms with Crippen molar-refractivity contribution in [2.75, 3.05) is 52.3 Å². The van der Waals surface area contributed by atoms with Gasteiger partial charge in [-0.1, -0.05) is 0 Å². The minimum absolute atomic E-state index is 0.376. The fourth-order valence-corrected chi connectivity index (χ4v) is 3.59. The highest BCUT2D eigenvalue weighted by atomic mass is 32.1. The van der Waals surface area contributed by atoms with Crippen molar-refractivity contribution in [2.24, 2.45) is 11.3 Å². The SMILES string of the molecule is CN(CC1CCOCC1)CC1(CS)CCOCC1. The first-order valence-corrected chi connectivity index (χ1v) is 7.82.